The topological polar surface area (TPSA) is 71.1 Å². The van der Waals surface area contributed by atoms with E-state index in [1.807, 2.05) is 0 Å². The van der Waals surface area contributed by atoms with Gasteiger partial charge in [-0.3, -0.25) is 9.59 Å². The third-order valence-corrected chi connectivity index (χ3v) is 6.41. The van der Waals surface area contributed by atoms with Crippen LogP contribution in [0.2, 0.25) is 19.6 Å². The van der Waals surface area contributed by atoms with Gasteiger partial charge in [-0.1, -0.05) is 0 Å². The number of alkyl halides is 3. The second kappa shape index (κ2) is 6.71. The van der Waals surface area contributed by atoms with Gasteiger partial charge in [-0.2, -0.15) is 18.1 Å². The first-order valence-electron chi connectivity index (χ1n) is 9.26. The predicted octanol–water partition coefficient (Wildman–Crippen LogP) is 3.96. The van der Waals surface area contributed by atoms with E-state index in [1.54, 1.807) is 19.6 Å². The lowest BCUT2D eigenvalue weighted by atomic mass is 9.57. The number of hydrogen-bond acceptors (Lipinski definition) is 6. The fraction of sp³-hybridized carbons (Fsp3) is 0.789. The zero-order valence-electron chi connectivity index (χ0n) is 18.2. The maximum Gasteiger partial charge on any atom is 0.416 e. The molecular weight excluding hydrogens is 409 g/mol. The summed E-state index contributed by atoms with van der Waals surface area (Å²) in [5, 5.41) is 0. The molecule has 1 heterocycles. The molecule has 0 aromatic carbocycles. The van der Waals surface area contributed by atoms with Crippen molar-refractivity contribution in [2.45, 2.75) is 77.9 Å². The number of Topliss-reactive ketones (excluding diaryl/α,β-unsaturated/α-hetero) is 2. The standard InChI is InChI=1S/C19H29F3O6Si/c1-15(2)12(23)11-10-17(5,14(19(20,21)22)26-29(7,8)9)27-28-18(11,25-6)16(3,4)13(15)24/h10,14H,1-9H3/t14-,17-,18+/m1/s1. The normalized spacial score (nSPS) is 33.2. The summed E-state index contributed by atoms with van der Waals surface area (Å²) in [6.07, 6.45) is -6.11. The molecule has 166 valence electrons. The molecule has 0 bridgehead atoms. The molecule has 29 heavy (non-hydrogen) atoms. The van der Waals surface area contributed by atoms with E-state index in [9.17, 15) is 22.8 Å². The number of halogens is 3. The first-order chi connectivity index (χ1) is 12.8. The number of ether oxygens (including phenoxy) is 1. The van der Waals surface area contributed by atoms with Crippen molar-refractivity contribution in [3.8, 4) is 0 Å². The van der Waals surface area contributed by atoms with Gasteiger partial charge in [0.25, 0.3) is 0 Å². The summed E-state index contributed by atoms with van der Waals surface area (Å²) < 4.78 is 52.5. The van der Waals surface area contributed by atoms with E-state index < -0.39 is 54.4 Å². The van der Waals surface area contributed by atoms with E-state index in [4.69, 9.17) is 18.9 Å². The van der Waals surface area contributed by atoms with Crippen LogP contribution in [0.25, 0.3) is 0 Å². The number of methoxy groups -OCH3 is 1. The molecule has 2 rings (SSSR count). The number of hydrogen-bond donors (Lipinski definition) is 0. The molecule has 1 saturated carbocycles. The molecule has 6 nitrogen and oxygen atoms in total. The molecule has 0 radical (unpaired) electrons. The number of rotatable bonds is 4. The van der Waals surface area contributed by atoms with Crippen LogP contribution in [-0.2, 0) is 28.5 Å². The van der Waals surface area contributed by atoms with Crippen LogP contribution in [0.5, 0.6) is 0 Å². The molecule has 0 spiro atoms. The highest BCUT2D eigenvalue weighted by Gasteiger charge is 2.70. The Morgan fingerprint density at radius 3 is 1.97 bits per heavy atom. The van der Waals surface area contributed by atoms with Crippen molar-refractivity contribution in [3.63, 3.8) is 0 Å². The van der Waals surface area contributed by atoms with Gasteiger partial charge in [0.05, 0.1) is 16.4 Å². The van der Waals surface area contributed by atoms with Crippen molar-refractivity contribution in [2.24, 2.45) is 10.8 Å². The largest absolute Gasteiger partial charge is 0.416 e. The monoisotopic (exact) mass is 438 g/mol. The van der Waals surface area contributed by atoms with Crippen LogP contribution in [0.15, 0.2) is 11.6 Å². The van der Waals surface area contributed by atoms with Gasteiger partial charge in [-0.05, 0) is 60.3 Å². The minimum Gasteiger partial charge on any atom is -0.404 e. The number of ketones is 2. The Morgan fingerprint density at radius 1 is 1.03 bits per heavy atom. The SMILES string of the molecule is CO[C@]12OO[C@@](C)([C@@H](O[Si](C)(C)C)C(F)(F)F)C=C1C(=O)C(C)(C)C(=O)C2(C)C. The van der Waals surface area contributed by atoms with Gasteiger partial charge in [-0.25, -0.2) is 4.89 Å². The van der Waals surface area contributed by atoms with Gasteiger partial charge in [0.2, 0.25) is 5.79 Å². The summed E-state index contributed by atoms with van der Waals surface area (Å²) in [5.41, 5.74) is -5.21. The first-order valence-corrected chi connectivity index (χ1v) is 12.7. The van der Waals surface area contributed by atoms with Crippen molar-refractivity contribution in [1.29, 1.82) is 0 Å². The number of carbonyl (C=O) groups is 2. The maximum atomic E-state index is 13.9. The Balaban J connectivity index is 2.73. The van der Waals surface area contributed by atoms with Crippen LogP contribution in [0.1, 0.15) is 34.6 Å². The maximum absolute atomic E-state index is 13.9. The quantitative estimate of drug-likeness (QED) is 0.376. The Bertz CT molecular complexity index is 752. The summed E-state index contributed by atoms with van der Waals surface area (Å²) in [6, 6.07) is 0. The average molecular weight is 439 g/mol. The summed E-state index contributed by atoms with van der Waals surface area (Å²) in [4.78, 5) is 36.8. The highest BCUT2D eigenvalue weighted by atomic mass is 28.4. The first kappa shape index (κ1) is 24.2. The Labute approximate surface area is 169 Å². The van der Waals surface area contributed by atoms with Crippen molar-refractivity contribution in [1.82, 2.24) is 0 Å². The lowest BCUT2D eigenvalue weighted by molar-refractivity contribution is -0.482. The van der Waals surface area contributed by atoms with Crippen LogP contribution in [-0.4, -0.2) is 50.7 Å². The molecule has 0 aromatic heterocycles. The molecule has 1 aliphatic heterocycles. The van der Waals surface area contributed by atoms with Crippen LogP contribution < -0.4 is 0 Å². The van der Waals surface area contributed by atoms with Gasteiger partial charge in [0, 0.05) is 7.11 Å². The fourth-order valence-electron chi connectivity index (χ4n) is 4.01. The lowest BCUT2D eigenvalue weighted by Crippen LogP contribution is -2.69. The van der Waals surface area contributed by atoms with Crippen molar-refractivity contribution in [2.75, 3.05) is 7.11 Å². The summed E-state index contributed by atoms with van der Waals surface area (Å²) in [6.45, 7) is 11.9. The molecule has 0 N–H and O–H groups in total. The minimum absolute atomic E-state index is 0.184. The molecule has 1 aliphatic carbocycles. The van der Waals surface area contributed by atoms with E-state index in [0.29, 0.717) is 0 Å². The van der Waals surface area contributed by atoms with E-state index in [1.165, 1.54) is 34.8 Å². The smallest absolute Gasteiger partial charge is 0.404 e. The van der Waals surface area contributed by atoms with Gasteiger partial charge in [0.15, 0.2) is 31.6 Å². The summed E-state index contributed by atoms with van der Waals surface area (Å²) in [7, 11) is -1.46. The average Bonchev–Trinajstić information content (AvgIpc) is 2.55. The van der Waals surface area contributed by atoms with Crippen LogP contribution in [0.4, 0.5) is 13.2 Å². The van der Waals surface area contributed by atoms with E-state index in [0.717, 1.165) is 13.0 Å². The molecule has 0 amide bonds. The van der Waals surface area contributed by atoms with E-state index in [2.05, 4.69) is 0 Å². The Hall–Kier alpha value is -1.07. The van der Waals surface area contributed by atoms with Gasteiger partial charge in [0.1, 0.15) is 0 Å². The zero-order valence-corrected chi connectivity index (χ0v) is 19.2. The van der Waals surface area contributed by atoms with E-state index in [-0.39, 0.29) is 5.57 Å². The highest BCUT2D eigenvalue weighted by Crippen LogP contribution is 2.55. The zero-order chi connectivity index (χ0) is 22.8. The van der Waals surface area contributed by atoms with Crippen molar-refractivity contribution in [3.05, 3.63) is 11.6 Å². The molecule has 1 fully saturated rings. The van der Waals surface area contributed by atoms with Gasteiger partial charge in [-0.15, -0.1) is 0 Å². The van der Waals surface area contributed by atoms with Crippen LogP contribution in [0, 0.1) is 10.8 Å². The molecule has 2 aliphatic rings. The Kier molecular flexibility index (Phi) is 5.60. The molecule has 10 heteroatoms. The van der Waals surface area contributed by atoms with Gasteiger partial charge >= 0.3 is 6.18 Å². The van der Waals surface area contributed by atoms with Crippen LogP contribution in [0.3, 0.4) is 0 Å². The molecule has 0 aromatic rings. The molecule has 3 atom stereocenters. The Morgan fingerprint density at radius 2 is 1.55 bits per heavy atom. The third-order valence-electron chi connectivity index (χ3n) is 5.47. The van der Waals surface area contributed by atoms with Crippen molar-refractivity contribution >= 4 is 19.9 Å². The summed E-state index contributed by atoms with van der Waals surface area (Å²) >= 11 is 0. The highest BCUT2D eigenvalue weighted by molar-refractivity contribution is 6.69. The number of carbonyl (C=O) groups excluding carboxylic acids is 2. The molecular formula is C19H29F3O6Si. The molecule has 0 saturated heterocycles. The van der Waals surface area contributed by atoms with Crippen LogP contribution >= 0.6 is 0 Å². The second-order valence-electron chi connectivity index (χ2n) is 9.79. The van der Waals surface area contributed by atoms with E-state index >= 15 is 0 Å². The lowest BCUT2D eigenvalue weighted by Gasteiger charge is -2.54. The molecule has 0 unspecified atom stereocenters. The predicted molar refractivity (Wildman–Crippen MR) is 100 cm³/mol. The van der Waals surface area contributed by atoms with Gasteiger partial charge < -0.3 is 9.16 Å². The number of fused-ring (bicyclic) bond motifs is 1. The van der Waals surface area contributed by atoms with Crippen molar-refractivity contribution < 1.29 is 41.7 Å². The fourth-order valence-corrected chi connectivity index (χ4v) is 5.08. The second-order valence-corrected chi connectivity index (χ2v) is 14.2. The third kappa shape index (κ3) is 3.63. The summed E-state index contributed by atoms with van der Waals surface area (Å²) in [5.74, 6) is -3.11. The minimum atomic E-state index is -4.79.